The van der Waals surface area contributed by atoms with E-state index in [-0.39, 0.29) is 6.61 Å². The van der Waals surface area contributed by atoms with E-state index in [2.05, 4.69) is 37.7 Å². The van der Waals surface area contributed by atoms with Crippen molar-refractivity contribution in [2.75, 3.05) is 32.1 Å². The molecule has 1 unspecified atom stereocenters. The lowest BCUT2D eigenvalue weighted by molar-refractivity contribution is 0.284. The van der Waals surface area contributed by atoms with E-state index in [1.807, 2.05) is 0 Å². The molecule has 0 radical (unpaired) electrons. The van der Waals surface area contributed by atoms with E-state index in [0.717, 1.165) is 28.8 Å². The maximum atomic E-state index is 9.49. The first-order valence-corrected chi connectivity index (χ1v) is 7.90. The van der Waals surface area contributed by atoms with E-state index < -0.39 is 0 Å². The second-order valence-corrected chi connectivity index (χ2v) is 6.70. The summed E-state index contributed by atoms with van der Waals surface area (Å²) in [6, 6.07) is 0.435. The molecule has 0 aromatic carbocycles. The summed E-state index contributed by atoms with van der Waals surface area (Å²) in [5.41, 5.74) is 1.15. The fourth-order valence-corrected chi connectivity index (χ4v) is 3.70. The number of nitrogens with zero attached hydrogens (tertiary/aromatic N) is 3. The molecule has 1 aromatic rings. The smallest absolute Gasteiger partial charge is 0.186 e. The predicted molar refractivity (Wildman–Crippen MR) is 81.0 cm³/mol. The number of anilines is 1. The van der Waals surface area contributed by atoms with Crippen molar-refractivity contribution in [2.24, 2.45) is 0 Å². The fourth-order valence-electron chi connectivity index (χ4n) is 2.53. The van der Waals surface area contributed by atoms with Gasteiger partial charge in [-0.2, -0.15) is 0 Å². The lowest BCUT2D eigenvalue weighted by atomic mass is 10.2. The molecular weight excluding hydrogens is 258 g/mol. The third kappa shape index (κ3) is 3.46. The van der Waals surface area contributed by atoms with E-state index in [1.54, 1.807) is 11.3 Å². The first kappa shape index (κ1) is 14.8. The van der Waals surface area contributed by atoms with Crippen LogP contribution in [-0.4, -0.2) is 48.2 Å². The summed E-state index contributed by atoms with van der Waals surface area (Å²) in [5.74, 6) is 0.606. The molecule has 1 aliphatic rings. The highest BCUT2D eigenvalue weighted by atomic mass is 32.1. The van der Waals surface area contributed by atoms with Crippen LogP contribution >= 0.6 is 11.3 Å². The molecule has 5 heteroatoms. The summed E-state index contributed by atoms with van der Waals surface area (Å²) in [7, 11) is 4.20. The Morgan fingerprint density at radius 1 is 1.42 bits per heavy atom. The molecule has 4 nitrogen and oxygen atoms in total. The SMILES string of the molecule is CCN(c1nc(C2CC2)c(CO)s1)C(C)CN(C)C. The number of thiazole rings is 1. The third-order valence-electron chi connectivity index (χ3n) is 3.57. The maximum absolute atomic E-state index is 9.49. The summed E-state index contributed by atoms with van der Waals surface area (Å²) in [6.07, 6.45) is 2.46. The van der Waals surface area contributed by atoms with E-state index >= 15 is 0 Å². The number of rotatable bonds is 7. The molecule has 0 saturated heterocycles. The molecule has 2 rings (SSSR count). The van der Waals surface area contributed by atoms with Gasteiger partial charge in [0.05, 0.1) is 17.2 Å². The van der Waals surface area contributed by atoms with Gasteiger partial charge in [0.25, 0.3) is 0 Å². The lowest BCUT2D eigenvalue weighted by Crippen LogP contribution is -2.40. The summed E-state index contributed by atoms with van der Waals surface area (Å²) in [6.45, 7) is 6.50. The Labute approximate surface area is 120 Å². The van der Waals surface area contributed by atoms with Gasteiger partial charge in [-0.05, 0) is 40.8 Å². The van der Waals surface area contributed by atoms with Gasteiger partial charge in [0.15, 0.2) is 5.13 Å². The molecule has 1 aliphatic carbocycles. The minimum absolute atomic E-state index is 0.128. The van der Waals surface area contributed by atoms with Crippen molar-refractivity contribution in [3.8, 4) is 0 Å². The van der Waals surface area contributed by atoms with Gasteiger partial charge in [0, 0.05) is 25.0 Å². The Morgan fingerprint density at radius 2 is 2.11 bits per heavy atom. The molecule has 0 bridgehead atoms. The van der Waals surface area contributed by atoms with Crippen LogP contribution in [0.2, 0.25) is 0 Å². The predicted octanol–water partition coefficient (Wildman–Crippen LogP) is 2.29. The minimum atomic E-state index is 0.128. The summed E-state index contributed by atoms with van der Waals surface area (Å²) < 4.78 is 0. The first-order chi connectivity index (χ1) is 9.06. The average molecular weight is 283 g/mol. The summed E-state index contributed by atoms with van der Waals surface area (Å²) >= 11 is 1.66. The third-order valence-corrected chi connectivity index (χ3v) is 4.66. The van der Waals surface area contributed by atoms with Crippen LogP contribution in [0.15, 0.2) is 0 Å². The summed E-state index contributed by atoms with van der Waals surface area (Å²) in [4.78, 5) is 10.4. The normalized spacial score (nSPS) is 16.9. The van der Waals surface area contributed by atoms with Crippen molar-refractivity contribution in [3.05, 3.63) is 10.6 Å². The van der Waals surface area contributed by atoms with Crippen LogP contribution in [0.25, 0.3) is 0 Å². The van der Waals surface area contributed by atoms with Crippen LogP contribution in [-0.2, 0) is 6.61 Å². The van der Waals surface area contributed by atoms with Gasteiger partial charge in [-0.3, -0.25) is 0 Å². The Bertz CT molecular complexity index is 415. The van der Waals surface area contributed by atoms with Crippen LogP contribution in [0, 0.1) is 0 Å². The zero-order chi connectivity index (χ0) is 14.0. The molecule has 1 N–H and O–H groups in total. The molecule has 1 fully saturated rings. The molecule has 108 valence electrons. The highest BCUT2D eigenvalue weighted by Crippen LogP contribution is 2.44. The zero-order valence-corrected chi connectivity index (χ0v) is 13.2. The van der Waals surface area contributed by atoms with Crippen molar-refractivity contribution < 1.29 is 5.11 Å². The number of aliphatic hydroxyl groups excluding tert-OH is 1. The largest absolute Gasteiger partial charge is 0.391 e. The van der Waals surface area contributed by atoms with Gasteiger partial charge in [0.2, 0.25) is 0 Å². The number of hydrogen-bond donors (Lipinski definition) is 1. The van der Waals surface area contributed by atoms with Gasteiger partial charge in [-0.25, -0.2) is 4.98 Å². The highest BCUT2D eigenvalue weighted by molar-refractivity contribution is 7.15. The Kier molecular flexibility index (Phi) is 4.81. The zero-order valence-electron chi connectivity index (χ0n) is 12.4. The molecular formula is C14H25N3OS. The molecule has 0 amide bonds. The second-order valence-electron chi connectivity index (χ2n) is 5.63. The number of aliphatic hydroxyl groups is 1. The average Bonchev–Trinajstić information content (AvgIpc) is 3.10. The standard InChI is InChI=1S/C14H25N3OS/c1-5-17(10(2)8-16(3)4)14-15-13(11-6-7-11)12(9-18)19-14/h10-11,18H,5-9H2,1-4H3. The highest BCUT2D eigenvalue weighted by Gasteiger charge is 2.30. The fraction of sp³-hybridized carbons (Fsp3) is 0.786. The topological polar surface area (TPSA) is 39.6 Å². The van der Waals surface area contributed by atoms with Crippen molar-refractivity contribution >= 4 is 16.5 Å². The van der Waals surface area contributed by atoms with Gasteiger partial charge < -0.3 is 14.9 Å². The molecule has 1 aromatic heterocycles. The number of likely N-dealkylation sites (N-methyl/N-ethyl adjacent to an activating group) is 2. The van der Waals surface area contributed by atoms with E-state index in [0.29, 0.717) is 12.0 Å². The van der Waals surface area contributed by atoms with Gasteiger partial charge in [-0.1, -0.05) is 11.3 Å². The van der Waals surface area contributed by atoms with Gasteiger partial charge in [0.1, 0.15) is 0 Å². The quantitative estimate of drug-likeness (QED) is 0.833. The van der Waals surface area contributed by atoms with Crippen LogP contribution in [0.4, 0.5) is 5.13 Å². The molecule has 0 aliphatic heterocycles. The van der Waals surface area contributed by atoms with Gasteiger partial charge >= 0.3 is 0 Å². The molecule has 1 heterocycles. The second kappa shape index (κ2) is 6.20. The van der Waals surface area contributed by atoms with Crippen molar-refractivity contribution in [2.45, 2.75) is 45.3 Å². The van der Waals surface area contributed by atoms with Crippen molar-refractivity contribution in [3.63, 3.8) is 0 Å². The Morgan fingerprint density at radius 3 is 2.58 bits per heavy atom. The molecule has 1 atom stereocenters. The monoisotopic (exact) mass is 283 g/mol. The van der Waals surface area contributed by atoms with Crippen molar-refractivity contribution in [1.29, 1.82) is 0 Å². The molecule has 19 heavy (non-hydrogen) atoms. The Balaban J connectivity index is 2.17. The number of aromatic nitrogens is 1. The minimum Gasteiger partial charge on any atom is -0.391 e. The van der Waals surface area contributed by atoms with Gasteiger partial charge in [-0.15, -0.1) is 0 Å². The molecule has 0 spiro atoms. The first-order valence-electron chi connectivity index (χ1n) is 7.08. The summed E-state index contributed by atoms with van der Waals surface area (Å²) in [5, 5.41) is 10.6. The number of hydrogen-bond acceptors (Lipinski definition) is 5. The molecule has 1 saturated carbocycles. The Hall–Kier alpha value is -0.650. The lowest BCUT2D eigenvalue weighted by Gasteiger charge is -2.29. The van der Waals surface area contributed by atoms with Crippen LogP contribution in [0.3, 0.4) is 0 Å². The van der Waals surface area contributed by atoms with E-state index in [4.69, 9.17) is 4.98 Å². The van der Waals surface area contributed by atoms with Crippen LogP contribution < -0.4 is 4.90 Å². The van der Waals surface area contributed by atoms with E-state index in [9.17, 15) is 5.11 Å². The van der Waals surface area contributed by atoms with Crippen molar-refractivity contribution in [1.82, 2.24) is 9.88 Å². The van der Waals surface area contributed by atoms with Crippen LogP contribution in [0.5, 0.6) is 0 Å². The van der Waals surface area contributed by atoms with E-state index in [1.165, 1.54) is 12.8 Å². The maximum Gasteiger partial charge on any atom is 0.186 e. The van der Waals surface area contributed by atoms with Crippen LogP contribution in [0.1, 0.15) is 43.2 Å².